The first-order chi connectivity index (χ1) is 10.7. The Morgan fingerprint density at radius 2 is 1.86 bits per heavy atom. The zero-order valence-corrected chi connectivity index (χ0v) is 12.3. The van der Waals surface area contributed by atoms with Crippen LogP contribution < -0.4 is 5.43 Å². The Labute approximate surface area is 131 Å². The highest BCUT2D eigenvalue weighted by Gasteiger charge is 2.03. The van der Waals surface area contributed by atoms with E-state index < -0.39 is 0 Å². The molecule has 22 heavy (non-hydrogen) atoms. The predicted octanol–water partition coefficient (Wildman–Crippen LogP) is 3.67. The second-order valence-corrected chi connectivity index (χ2v) is 5.38. The molecule has 3 N–H and O–H groups in total. The molecule has 0 saturated heterocycles. The van der Waals surface area contributed by atoms with E-state index in [1.807, 2.05) is 35.7 Å². The van der Waals surface area contributed by atoms with Crippen LogP contribution in [0.3, 0.4) is 0 Å². The summed E-state index contributed by atoms with van der Waals surface area (Å²) in [6.45, 7) is 0. The summed E-state index contributed by atoms with van der Waals surface area (Å²) < 4.78 is 0. The molecule has 0 bridgehead atoms. The van der Waals surface area contributed by atoms with Crippen LogP contribution in [0.2, 0.25) is 0 Å². The Morgan fingerprint density at radius 3 is 2.64 bits per heavy atom. The first kappa shape index (κ1) is 14.1. The Hall–Kier alpha value is -2.86. The Kier molecular flexibility index (Phi) is 4.02. The lowest BCUT2D eigenvalue weighted by molar-refractivity contribution is 0.403. The molecule has 0 unspecified atom stereocenters. The van der Waals surface area contributed by atoms with Crippen molar-refractivity contribution in [1.82, 2.24) is 4.98 Å². The van der Waals surface area contributed by atoms with Crippen LogP contribution in [-0.2, 0) is 0 Å². The lowest BCUT2D eigenvalue weighted by Crippen LogP contribution is -1.90. The topological polar surface area (TPSA) is 77.7 Å². The number of hydrogen-bond donors (Lipinski definition) is 3. The number of phenolic OH excluding ortho intramolecular Hbond substituents is 2. The van der Waals surface area contributed by atoms with Gasteiger partial charge < -0.3 is 10.2 Å². The molecule has 5 nitrogen and oxygen atoms in total. The van der Waals surface area contributed by atoms with Crippen molar-refractivity contribution in [3.8, 4) is 22.8 Å². The minimum absolute atomic E-state index is 0.155. The number of nitrogens with zero attached hydrogens (tertiary/aromatic N) is 2. The molecule has 0 radical (unpaired) electrons. The van der Waals surface area contributed by atoms with Crippen molar-refractivity contribution in [2.75, 3.05) is 5.43 Å². The number of rotatable bonds is 4. The molecular weight excluding hydrogens is 298 g/mol. The molecule has 0 atom stereocenters. The van der Waals surface area contributed by atoms with Crippen LogP contribution >= 0.6 is 11.3 Å². The largest absolute Gasteiger partial charge is 0.504 e. The number of hydrogen-bond acceptors (Lipinski definition) is 6. The quantitative estimate of drug-likeness (QED) is 0.390. The van der Waals surface area contributed by atoms with E-state index >= 15 is 0 Å². The third kappa shape index (κ3) is 3.24. The molecule has 0 fully saturated rings. The maximum absolute atomic E-state index is 9.40. The van der Waals surface area contributed by atoms with Crippen molar-refractivity contribution in [1.29, 1.82) is 0 Å². The molecule has 0 spiro atoms. The average molecular weight is 311 g/mol. The number of phenols is 2. The van der Waals surface area contributed by atoms with Crippen molar-refractivity contribution in [2.45, 2.75) is 0 Å². The van der Waals surface area contributed by atoms with Crippen LogP contribution in [0.25, 0.3) is 11.3 Å². The van der Waals surface area contributed by atoms with E-state index in [0.717, 1.165) is 11.3 Å². The first-order valence-electron chi connectivity index (χ1n) is 6.54. The van der Waals surface area contributed by atoms with Crippen molar-refractivity contribution >= 4 is 22.7 Å². The second kappa shape index (κ2) is 6.28. The molecule has 0 aliphatic heterocycles. The Morgan fingerprint density at radius 1 is 1.05 bits per heavy atom. The van der Waals surface area contributed by atoms with E-state index in [1.165, 1.54) is 23.5 Å². The number of aromatic hydroxyl groups is 2. The highest BCUT2D eigenvalue weighted by atomic mass is 32.1. The van der Waals surface area contributed by atoms with Gasteiger partial charge in [0.15, 0.2) is 11.5 Å². The van der Waals surface area contributed by atoms with E-state index in [9.17, 15) is 10.2 Å². The Balaban J connectivity index is 1.68. The summed E-state index contributed by atoms with van der Waals surface area (Å²) in [5.74, 6) is -0.331. The first-order valence-corrected chi connectivity index (χ1v) is 7.42. The van der Waals surface area contributed by atoms with E-state index in [-0.39, 0.29) is 11.5 Å². The average Bonchev–Trinajstić information content (AvgIpc) is 3.01. The van der Waals surface area contributed by atoms with Gasteiger partial charge in [-0.1, -0.05) is 30.3 Å². The zero-order chi connectivity index (χ0) is 15.4. The summed E-state index contributed by atoms with van der Waals surface area (Å²) in [4.78, 5) is 4.45. The summed E-state index contributed by atoms with van der Waals surface area (Å²) in [6, 6.07) is 14.4. The van der Waals surface area contributed by atoms with Crippen LogP contribution in [0.4, 0.5) is 5.13 Å². The van der Waals surface area contributed by atoms with Crippen LogP contribution in [0.1, 0.15) is 5.56 Å². The minimum Gasteiger partial charge on any atom is -0.504 e. The summed E-state index contributed by atoms with van der Waals surface area (Å²) in [5.41, 5.74) is 5.47. The molecular formula is C16H13N3O2S. The van der Waals surface area contributed by atoms with E-state index in [4.69, 9.17) is 0 Å². The summed E-state index contributed by atoms with van der Waals surface area (Å²) >= 11 is 1.46. The van der Waals surface area contributed by atoms with Crippen molar-refractivity contribution in [3.63, 3.8) is 0 Å². The van der Waals surface area contributed by atoms with E-state index in [1.54, 1.807) is 12.3 Å². The molecule has 2 aromatic carbocycles. The predicted molar refractivity (Wildman–Crippen MR) is 88.5 cm³/mol. The van der Waals surface area contributed by atoms with E-state index in [2.05, 4.69) is 15.5 Å². The maximum Gasteiger partial charge on any atom is 0.203 e. The van der Waals surface area contributed by atoms with Crippen molar-refractivity contribution < 1.29 is 10.2 Å². The molecule has 0 aliphatic rings. The van der Waals surface area contributed by atoms with Crippen molar-refractivity contribution in [3.05, 3.63) is 59.5 Å². The number of benzene rings is 2. The van der Waals surface area contributed by atoms with Gasteiger partial charge in [-0.25, -0.2) is 4.98 Å². The SMILES string of the molecule is Oc1ccc(C=NNc2nc(-c3ccccc3)cs2)cc1O. The minimum atomic E-state index is -0.176. The van der Waals surface area contributed by atoms with Gasteiger partial charge in [0, 0.05) is 10.9 Å². The molecule has 6 heteroatoms. The highest BCUT2D eigenvalue weighted by Crippen LogP contribution is 2.25. The summed E-state index contributed by atoms with van der Waals surface area (Å²) in [7, 11) is 0. The fourth-order valence-corrected chi connectivity index (χ4v) is 2.52. The molecule has 110 valence electrons. The number of anilines is 1. The van der Waals surface area contributed by atoms with Gasteiger partial charge in [-0.2, -0.15) is 5.10 Å². The third-order valence-corrected chi connectivity index (χ3v) is 3.69. The fourth-order valence-electron chi connectivity index (χ4n) is 1.85. The van der Waals surface area contributed by atoms with Gasteiger partial charge in [0.25, 0.3) is 0 Å². The Bertz CT molecular complexity index is 800. The number of aromatic nitrogens is 1. The number of nitrogens with one attached hydrogen (secondary N) is 1. The maximum atomic E-state index is 9.40. The molecule has 1 heterocycles. The molecule has 3 aromatic rings. The van der Waals surface area contributed by atoms with Crippen LogP contribution in [0, 0.1) is 0 Å². The van der Waals surface area contributed by atoms with Gasteiger partial charge in [-0.05, 0) is 23.8 Å². The number of hydrazone groups is 1. The summed E-state index contributed by atoms with van der Waals surface area (Å²) in [6.07, 6.45) is 1.54. The van der Waals surface area contributed by atoms with Crippen LogP contribution in [-0.4, -0.2) is 21.4 Å². The lowest BCUT2D eigenvalue weighted by Gasteiger charge is -1.98. The van der Waals surface area contributed by atoms with Crippen LogP contribution in [0.5, 0.6) is 11.5 Å². The zero-order valence-electron chi connectivity index (χ0n) is 11.5. The third-order valence-electron chi connectivity index (χ3n) is 2.95. The van der Waals surface area contributed by atoms with Gasteiger partial charge >= 0.3 is 0 Å². The molecule has 1 aromatic heterocycles. The van der Waals surface area contributed by atoms with Crippen molar-refractivity contribution in [2.24, 2.45) is 5.10 Å². The number of thiazole rings is 1. The standard InChI is InChI=1S/C16H13N3O2S/c20-14-7-6-11(8-15(14)21)9-17-19-16-18-13(10-22-16)12-4-2-1-3-5-12/h1-10,20-21H,(H,18,19). The lowest BCUT2D eigenvalue weighted by atomic mass is 10.2. The smallest absolute Gasteiger partial charge is 0.203 e. The van der Waals surface area contributed by atoms with Gasteiger partial charge in [-0.15, -0.1) is 11.3 Å². The molecule has 0 aliphatic carbocycles. The molecule has 0 saturated carbocycles. The van der Waals surface area contributed by atoms with Crippen LogP contribution in [0.15, 0.2) is 59.0 Å². The van der Waals surface area contributed by atoms with E-state index in [0.29, 0.717) is 10.7 Å². The fraction of sp³-hybridized carbons (Fsp3) is 0. The van der Waals surface area contributed by atoms with Gasteiger partial charge in [0.1, 0.15) is 0 Å². The van der Waals surface area contributed by atoms with Gasteiger partial charge in [0.05, 0.1) is 11.9 Å². The summed E-state index contributed by atoms with van der Waals surface area (Å²) in [5, 5.41) is 25.3. The monoisotopic (exact) mass is 311 g/mol. The highest BCUT2D eigenvalue weighted by molar-refractivity contribution is 7.14. The molecule has 0 amide bonds. The second-order valence-electron chi connectivity index (χ2n) is 4.52. The molecule has 3 rings (SSSR count). The van der Waals surface area contributed by atoms with Gasteiger partial charge in [-0.3, -0.25) is 5.43 Å². The van der Waals surface area contributed by atoms with Gasteiger partial charge in [0.2, 0.25) is 5.13 Å². The normalized spacial score (nSPS) is 10.9.